The van der Waals surface area contributed by atoms with Gasteiger partial charge in [0.15, 0.2) is 17.5 Å². The van der Waals surface area contributed by atoms with Gasteiger partial charge in [0.25, 0.3) is 5.95 Å². The normalized spacial score (nSPS) is 17.1. The molecule has 0 spiro atoms. The summed E-state index contributed by atoms with van der Waals surface area (Å²) in [6.45, 7) is 4.80. The van der Waals surface area contributed by atoms with Gasteiger partial charge in [0, 0.05) is 50.7 Å². The van der Waals surface area contributed by atoms with Crippen molar-refractivity contribution in [1.29, 1.82) is 5.26 Å². The van der Waals surface area contributed by atoms with Crippen LogP contribution in [0.15, 0.2) is 6.07 Å². The van der Waals surface area contributed by atoms with Crippen LogP contribution in [0.3, 0.4) is 0 Å². The Morgan fingerprint density at radius 3 is 2.47 bits per heavy atom. The number of aromatic nitrogens is 3. The Hall–Kier alpha value is -3.42. The van der Waals surface area contributed by atoms with Gasteiger partial charge in [-0.1, -0.05) is 0 Å². The van der Waals surface area contributed by atoms with E-state index in [1.54, 1.807) is 11.0 Å². The van der Waals surface area contributed by atoms with Gasteiger partial charge in [0.05, 0.1) is 17.7 Å². The molecule has 4 heterocycles. The summed E-state index contributed by atoms with van der Waals surface area (Å²) in [5.41, 5.74) is 0.214. The highest BCUT2D eigenvalue weighted by Gasteiger charge is 2.31. The molecule has 4 rings (SSSR count). The third kappa shape index (κ3) is 4.17. The molecular weight excluding hydrogens is 423 g/mol. The van der Waals surface area contributed by atoms with Crippen LogP contribution in [0.25, 0.3) is 0 Å². The van der Waals surface area contributed by atoms with Crippen LogP contribution < -0.4 is 10.2 Å². The highest BCUT2D eigenvalue weighted by Crippen LogP contribution is 2.32. The number of amides is 1. The summed E-state index contributed by atoms with van der Waals surface area (Å²) in [6.07, 6.45) is 1.40. The van der Waals surface area contributed by atoms with E-state index in [9.17, 15) is 18.0 Å². The van der Waals surface area contributed by atoms with Gasteiger partial charge in [-0.25, -0.2) is 13.8 Å². The summed E-state index contributed by atoms with van der Waals surface area (Å²) >= 11 is 0. The summed E-state index contributed by atoms with van der Waals surface area (Å²) in [5, 5.41) is 11.7. The Balaban J connectivity index is 1.64. The molecule has 0 aromatic carbocycles. The topological polar surface area (TPSA) is 98.0 Å². The fourth-order valence-corrected chi connectivity index (χ4v) is 3.91. The molecule has 0 saturated carbocycles. The van der Waals surface area contributed by atoms with Crippen LogP contribution >= 0.6 is 0 Å². The molecule has 0 aliphatic carbocycles. The number of rotatable bonds is 4. The van der Waals surface area contributed by atoms with Gasteiger partial charge in [-0.2, -0.15) is 19.6 Å². The number of likely N-dealkylation sites (tertiary alicyclic amines) is 1. The van der Waals surface area contributed by atoms with Gasteiger partial charge in [0.1, 0.15) is 5.82 Å². The number of nitriles is 1. The molecule has 2 aliphatic rings. The number of nitrogens with one attached hydrogen (secondary N) is 1. The molecule has 168 valence electrons. The molecule has 8 nitrogen and oxygen atoms in total. The first-order chi connectivity index (χ1) is 15.3. The molecule has 0 unspecified atom stereocenters. The second kappa shape index (κ2) is 8.61. The number of hydrogen-bond donors (Lipinski definition) is 1. The molecule has 32 heavy (non-hydrogen) atoms. The second-order valence-electron chi connectivity index (χ2n) is 8.12. The van der Waals surface area contributed by atoms with Gasteiger partial charge in [-0.05, 0) is 19.8 Å². The van der Waals surface area contributed by atoms with Gasteiger partial charge < -0.3 is 15.1 Å². The van der Waals surface area contributed by atoms with Crippen molar-refractivity contribution in [3.8, 4) is 6.07 Å². The third-order valence-corrected chi connectivity index (χ3v) is 5.94. The molecule has 0 atom stereocenters. The zero-order valence-electron chi connectivity index (χ0n) is 17.7. The average Bonchev–Trinajstić information content (AvgIpc) is 2.75. The molecule has 0 bridgehead atoms. The molecule has 1 N–H and O–H groups in total. The number of piperidine rings is 1. The van der Waals surface area contributed by atoms with Crippen molar-refractivity contribution in [3.63, 3.8) is 0 Å². The monoisotopic (exact) mass is 445 g/mol. The van der Waals surface area contributed by atoms with Crippen molar-refractivity contribution in [1.82, 2.24) is 19.9 Å². The van der Waals surface area contributed by atoms with Gasteiger partial charge in [0.2, 0.25) is 11.9 Å². The fourth-order valence-electron chi connectivity index (χ4n) is 3.91. The van der Waals surface area contributed by atoms with E-state index in [2.05, 4.69) is 26.3 Å². The van der Waals surface area contributed by atoms with E-state index < -0.39 is 29.0 Å². The summed E-state index contributed by atoms with van der Waals surface area (Å²) in [4.78, 5) is 27.6. The molecule has 11 heteroatoms. The first-order valence-corrected chi connectivity index (χ1v) is 10.3. The minimum atomic E-state index is -1.41. The Morgan fingerprint density at radius 2 is 1.84 bits per heavy atom. The number of pyridine rings is 1. The summed E-state index contributed by atoms with van der Waals surface area (Å²) < 4.78 is 41.8. The van der Waals surface area contributed by atoms with E-state index in [-0.39, 0.29) is 23.6 Å². The lowest BCUT2D eigenvalue weighted by atomic mass is 9.93. The molecule has 1 amide bonds. The van der Waals surface area contributed by atoms with Crippen LogP contribution in [0, 0.1) is 41.8 Å². The van der Waals surface area contributed by atoms with Crippen molar-refractivity contribution in [3.05, 3.63) is 34.9 Å². The molecule has 2 aliphatic heterocycles. The Bertz CT molecular complexity index is 1090. The highest BCUT2D eigenvalue weighted by molar-refractivity contribution is 5.73. The van der Waals surface area contributed by atoms with Gasteiger partial charge in [-0.15, -0.1) is 0 Å². The second-order valence-corrected chi connectivity index (χ2v) is 8.12. The van der Waals surface area contributed by atoms with Crippen LogP contribution in [-0.2, 0) is 4.79 Å². The molecule has 0 radical (unpaired) electrons. The maximum Gasteiger partial charge on any atom is 0.251 e. The fraction of sp³-hybridized carbons (Fsp3) is 0.476. The van der Waals surface area contributed by atoms with E-state index >= 15 is 0 Å². The average molecular weight is 445 g/mol. The van der Waals surface area contributed by atoms with Crippen LogP contribution in [0.1, 0.15) is 36.9 Å². The summed E-state index contributed by atoms with van der Waals surface area (Å²) in [6, 6.07) is 3.82. The summed E-state index contributed by atoms with van der Waals surface area (Å²) in [7, 11) is 0. The minimum Gasteiger partial charge on any atom is -0.343 e. The zero-order chi connectivity index (χ0) is 23.0. The predicted molar refractivity (Wildman–Crippen MR) is 110 cm³/mol. The lowest BCUT2D eigenvalue weighted by Crippen LogP contribution is -2.47. The smallest absolute Gasteiger partial charge is 0.251 e. The van der Waals surface area contributed by atoms with E-state index in [1.165, 1.54) is 6.92 Å². The minimum absolute atomic E-state index is 0.0209. The quantitative estimate of drug-likeness (QED) is 0.723. The number of carbonyl (C=O) groups excluding carboxylic acids is 1. The zero-order valence-corrected chi connectivity index (χ0v) is 17.7. The van der Waals surface area contributed by atoms with Gasteiger partial charge in [-0.3, -0.25) is 4.79 Å². The number of hydrogen-bond acceptors (Lipinski definition) is 7. The lowest BCUT2D eigenvalue weighted by Gasteiger charge is -2.36. The first kappa shape index (κ1) is 21.8. The number of carbonyl (C=O) groups is 1. The molecule has 2 aromatic rings. The number of nitrogens with zero attached hydrogens (tertiary/aromatic N) is 6. The van der Waals surface area contributed by atoms with E-state index in [0.717, 1.165) is 6.92 Å². The summed E-state index contributed by atoms with van der Waals surface area (Å²) in [5.74, 6) is -3.71. The molecule has 2 saturated heterocycles. The molecule has 2 fully saturated rings. The maximum atomic E-state index is 14.5. The highest BCUT2D eigenvalue weighted by atomic mass is 19.2. The predicted octanol–water partition coefficient (Wildman–Crippen LogP) is 3.03. The largest absolute Gasteiger partial charge is 0.343 e. The van der Waals surface area contributed by atoms with Crippen LogP contribution in [-0.4, -0.2) is 51.9 Å². The van der Waals surface area contributed by atoms with E-state index in [4.69, 9.17) is 5.26 Å². The maximum absolute atomic E-state index is 14.5. The Kier molecular flexibility index (Phi) is 5.86. The Morgan fingerprint density at radius 1 is 1.16 bits per heavy atom. The van der Waals surface area contributed by atoms with Crippen molar-refractivity contribution >= 4 is 23.5 Å². The van der Waals surface area contributed by atoms with E-state index in [0.29, 0.717) is 50.7 Å². The van der Waals surface area contributed by atoms with Crippen molar-refractivity contribution < 1.29 is 18.0 Å². The van der Waals surface area contributed by atoms with Crippen LogP contribution in [0.4, 0.5) is 30.8 Å². The van der Waals surface area contributed by atoms with E-state index in [1.807, 2.05) is 4.90 Å². The lowest BCUT2D eigenvalue weighted by molar-refractivity contribution is -0.129. The third-order valence-electron chi connectivity index (χ3n) is 5.94. The molecular formula is C21H22F3N7O. The van der Waals surface area contributed by atoms with Crippen LogP contribution in [0.5, 0.6) is 0 Å². The first-order valence-electron chi connectivity index (χ1n) is 10.3. The van der Waals surface area contributed by atoms with Gasteiger partial charge >= 0.3 is 0 Å². The molecule has 2 aromatic heterocycles. The van der Waals surface area contributed by atoms with Crippen molar-refractivity contribution in [2.45, 2.75) is 32.6 Å². The number of halogens is 3. The standard InChI is InChI=1S/C21H22F3N7O/c1-11-17(22)19(24)29-20(18(11)23)27-16-7-15(14-3-5-30(6-4-14)12(2)32)26-21(28-16)31-9-13(8-25)10-31/h7,13-14H,3-6,9-10H2,1-2H3,(H,26,27,28,29). The Labute approximate surface area is 183 Å². The number of anilines is 3. The van der Waals surface area contributed by atoms with Crippen molar-refractivity contribution in [2.75, 3.05) is 36.4 Å². The SMILES string of the molecule is CC(=O)N1CCC(c2cc(Nc3nc(F)c(F)c(C)c3F)nc(N3CC(C#N)C3)n2)CC1. The van der Waals surface area contributed by atoms with Crippen LogP contribution in [0.2, 0.25) is 0 Å². The van der Waals surface area contributed by atoms with Crippen molar-refractivity contribution in [2.24, 2.45) is 5.92 Å².